The van der Waals surface area contributed by atoms with Crippen molar-refractivity contribution in [2.24, 2.45) is 5.92 Å². The molecule has 1 heterocycles. The molecule has 1 aliphatic rings. The van der Waals surface area contributed by atoms with Crippen LogP contribution < -0.4 is 40.0 Å². The van der Waals surface area contributed by atoms with Gasteiger partial charge in [-0.2, -0.15) is 0 Å². The summed E-state index contributed by atoms with van der Waals surface area (Å²) >= 11 is 1.73. The van der Waals surface area contributed by atoms with Gasteiger partial charge in [-0.3, -0.25) is 5.32 Å². The first-order valence-corrected chi connectivity index (χ1v) is 8.78. The minimum atomic E-state index is -0.960. The van der Waals surface area contributed by atoms with E-state index in [-0.39, 0.29) is 29.6 Å². The summed E-state index contributed by atoms with van der Waals surface area (Å²) in [5, 5.41) is 14.2. The van der Waals surface area contributed by atoms with Crippen LogP contribution in [0.3, 0.4) is 0 Å². The van der Waals surface area contributed by atoms with E-state index in [1.54, 1.807) is 11.8 Å². The second kappa shape index (κ2) is 12.3. The fourth-order valence-electron chi connectivity index (χ4n) is 2.53. The molecule has 5 heteroatoms. The van der Waals surface area contributed by atoms with Crippen LogP contribution in [0.25, 0.3) is 0 Å². The molecule has 0 bridgehead atoms. The molecule has 0 amide bonds. The van der Waals surface area contributed by atoms with Crippen LogP contribution in [0, 0.1) is 5.92 Å². The van der Waals surface area contributed by atoms with Crippen molar-refractivity contribution >= 4 is 17.7 Å². The van der Waals surface area contributed by atoms with Gasteiger partial charge >= 0.3 is 29.6 Å². The number of hydrogen-bond acceptors (Lipinski definition) is 4. The molecule has 1 saturated heterocycles. The molecule has 3 nitrogen and oxygen atoms in total. The average Bonchev–Trinajstić information content (AvgIpc) is 2.87. The van der Waals surface area contributed by atoms with Crippen LogP contribution in [-0.4, -0.2) is 23.1 Å². The summed E-state index contributed by atoms with van der Waals surface area (Å²) in [6.45, 7) is 4.47. The molecule has 0 aromatic carbocycles. The van der Waals surface area contributed by atoms with Crippen LogP contribution >= 0.6 is 11.8 Å². The molecule has 0 aliphatic carbocycles. The van der Waals surface area contributed by atoms with E-state index in [2.05, 4.69) is 19.2 Å². The standard InChI is InChI=1S/C15H29NO2S.Na/c1-3-4-5-6-7-8-9-10-12(2)14-16-13(11-19-14)15(17)18;/h12-14,16H,3-11H2,1-2H3,(H,17,18);/q;+1/p-1. The molecule has 1 rings (SSSR count). The number of nitrogens with one attached hydrogen (secondary N) is 1. The Hall–Kier alpha value is 0.780. The van der Waals surface area contributed by atoms with Crippen molar-refractivity contribution in [3.05, 3.63) is 0 Å². The number of rotatable bonds is 10. The van der Waals surface area contributed by atoms with Crippen molar-refractivity contribution in [2.75, 3.05) is 5.75 Å². The van der Waals surface area contributed by atoms with E-state index in [9.17, 15) is 9.90 Å². The molecule has 112 valence electrons. The third-order valence-electron chi connectivity index (χ3n) is 3.87. The molecular formula is C15H28NNaO2S. The Bertz CT molecular complexity index is 266. The van der Waals surface area contributed by atoms with E-state index in [1.165, 1.54) is 51.4 Å². The van der Waals surface area contributed by atoms with Gasteiger partial charge in [0.15, 0.2) is 0 Å². The number of carbonyl (C=O) groups is 1. The van der Waals surface area contributed by atoms with Gasteiger partial charge in [-0.05, 0) is 12.3 Å². The number of hydrogen-bond donors (Lipinski definition) is 1. The summed E-state index contributed by atoms with van der Waals surface area (Å²) in [5.74, 6) is 0.233. The van der Waals surface area contributed by atoms with Crippen LogP contribution in [0.1, 0.15) is 65.2 Å². The van der Waals surface area contributed by atoms with Gasteiger partial charge in [0.1, 0.15) is 0 Å². The normalized spacial score (nSPS) is 23.3. The Morgan fingerprint density at radius 3 is 2.40 bits per heavy atom. The van der Waals surface area contributed by atoms with Crippen LogP contribution in [0.4, 0.5) is 0 Å². The van der Waals surface area contributed by atoms with Gasteiger partial charge in [0.05, 0.1) is 17.4 Å². The zero-order valence-corrected chi connectivity index (χ0v) is 16.1. The molecule has 0 saturated carbocycles. The number of aliphatic carboxylic acids is 1. The Balaban J connectivity index is 0.00000361. The van der Waals surface area contributed by atoms with E-state index < -0.39 is 12.0 Å². The summed E-state index contributed by atoms with van der Waals surface area (Å²) < 4.78 is 0. The van der Waals surface area contributed by atoms with Gasteiger partial charge in [-0.25, -0.2) is 0 Å². The molecule has 1 fully saturated rings. The zero-order valence-electron chi connectivity index (χ0n) is 13.3. The number of unbranched alkanes of at least 4 members (excludes halogenated alkanes) is 6. The number of carbonyl (C=O) groups excluding carboxylic acids is 1. The summed E-state index contributed by atoms with van der Waals surface area (Å²) in [4.78, 5) is 10.8. The van der Waals surface area contributed by atoms with Gasteiger partial charge in [0.2, 0.25) is 0 Å². The fourth-order valence-corrected chi connectivity index (χ4v) is 3.89. The molecule has 1 aliphatic heterocycles. The van der Waals surface area contributed by atoms with Crippen molar-refractivity contribution in [3.63, 3.8) is 0 Å². The molecule has 3 atom stereocenters. The Labute approximate surface area is 150 Å². The Morgan fingerprint density at radius 2 is 1.85 bits per heavy atom. The van der Waals surface area contributed by atoms with Gasteiger partial charge in [-0.1, -0.05) is 58.8 Å². The Morgan fingerprint density at radius 1 is 1.25 bits per heavy atom. The molecule has 3 unspecified atom stereocenters. The van der Waals surface area contributed by atoms with E-state index in [0.717, 1.165) is 0 Å². The third-order valence-corrected chi connectivity index (χ3v) is 5.36. The zero-order chi connectivity index (χ0) is 14.1. The molecule has 0 aromatic heterocycles. The van der Waals surface area contributed by atoms with E-state index >= 15 is 0 Å². The molecule has 20 heavy (non-hydrogen) atoms. The maximum atomic E-state index is 10.8. The van der Waals surface area contributed by atoms with Crippen molar-refractivity contribution in [1.82, 2.24) is 5.32 Å². The smallest absolute Gasteiger partial charge is 0.548 e. The maximum Gasteiger partial charge on any atom is 1.00 e. The SMILES string of the molecule is CCCCCCCCCC(C)C1NC(C(=O)[O-])CS1.[Na+]. The van der Waals surface area contributed by atoms with Crippen LogP contribution in [0.2, 0.25) is 0 Å². The quantitative estimate of drug-likeness (QED) is 0.439. The third kappa shape index (κ3) is 8.28. The molecule has 1 N–H and O–H groups in total. The van der Waals surface area contributed by atoms with Gasteiger partial charge in [0, 0.05) is 5.75 Å². The predicted octanol–water partition coefficient (Wildman–Crippen LogP) is -0.452. The van der Waals surface area contributed by atoms with Gasteiger partial charge < -0.3 is 9.90 Å². The first-order valence-electron chi connectivity index (χ1n) is 7.73. The molecule has 0 radical (unpaired) electrons. The van der Waals surface area contributed by atoms with Crippen molar-refractivity contribution < 1.29 is 39.5 Å². The van der Waals surface area contributed by atoms with Crippen LogP contribution in [0.15, 0.2) is 0 Å². The monoisotopic (exact) mass is 309 g/mol. The van der Waals surface area contributed by atoms with Crippen molar-refractivity contribution in [2.45, 2.75) is 76.6 Å². The topological polar surface area (TPSA) is 52.2 Å². The second-order valence-electron chi connectivity index (χ2n) is 5.68. The summed E-state index contributed by atoms with van der Waals surface area (Å²) in [5.41, 5.74) is 0. The predicted molar refractivity (Wildman–Crippen MR) is 80.0 cm³/mol. The maximum absolute atomic E-state index is 10.8. The number of carboxylic acids is 1. The molecular weight excluding hydrogens is 281 g/mol. The van der Waals surface area contributed by atoms with E-state index in [0.29, 0.717) is 17.0 Å². The van der Waals surface area contributed by atoms with Crippen molar-refractivity contribution in [1.29, 1.82) is 0 Å². The summed E-state index contributed by atoms with van der Waals surface area (Å²) in [6.07, 6.45) is 10.5. The van der Waals surface area contributed by atoms with Gasteiger partial charge in [0.25, 0.3) is 0 Å². The fraction of sp³-hybridized carbons (Fsp3) is 0.933. The summed E-state index contributed by atoms with van der Waals surface area (Å²) in [7, 11) is 0. The summed E-state index contributed by atoms with van der Waals surface area (Å²) in [6, 6.07) is -0.452. The Kier molecular flexibility index (Phi) is 12.8. The van der Waals surface area contributed by atoms with Crippen LogP contribution in [0.5, 0.6) is 0 Å². The van der Waals surface area contributed by atoms with Crippen LogP contribution in [-0.2, 0) is 4.79 Å². The minimum absolute atomic E-state index is 0. The average molecular weight is 309 g/mol. The number of carboxylic acid groups (broad SMARTS) is 1. The van der Waals surface area contributed by atoms with Crippen molar-refractivity contribution in [3.8, 4) is 0 Å². The first-order chi connectivity index (χ1) is 9.15. The van der Waals surface area contributed by atoms with E-state index in [4.69, 9.17) is 0 Å². The molecule has 0 aromatic rings. The van der Waals surface area contributed by atoms with Gasteiger partial charge in [-0.15, -0.1) is 11.8 Å². The molecule has 0 spiro atoms. The minimum Gasteiger partial charge on any atom is -0.548 e. The van der Waals surface area contributed by atoms with E-state index in [1.807, 2.05) is 0 Å². The first kappa shape index (κ1) is 20.8. The second-order valence-corrected chi connectivity index (χ2v) is 6.85. The largest absolute Gasteiger partial charge is 1.00 e. The number of thioether (sulfide) groups is 1.